The van der Waals surface area contributed by atoms with Crippen LogP contribution in [0.1, 0.15) is 0 Å². The summed E-state index contributed by atoms with van der Waals surface area (Å²) in [4.78, 5) is 0. The quantitative estimate of drug-likeness (QED) is 0.0549. The first-order chi connectivity index (χ1) is 35.1. The summed E-state index contributed by atoms with van der Waals surface area (Å²) in [6.07, 6.45) is -59.5. The summed E-state index contributed by atoms with van der Waals surface area (Å²) in [6.45, 7) is -6.76. The lowest BCUT2D eigenvalue weighted by molar-refractivity contribution is -0.406. The third kappa shape index (κ3) is 12.3. The number of aliphatic hydroxyl groups excluding tert-OH is 17. The highest BCUT2D eigenvalue weighted by atomic mass is 32.1. The Hall–Kier alpha value is -1.20. The molecule has 22 saturated heterocycles. The van der Waals surface area contributed by atoms with Gasteiger partial charge in [-0.3, -0.25) is 0 Å². The average Bonchev–Trinajstić information content (AvgIpc) is 3.38. The van der Waals surface area contributed by atoms with Crippen molar-refractivity contribution in [3.8, 4) is 0 Å². The monoisotopic (exact) mass is 1120 g/mol. The summed E-state index contributed by atoms with van der Waals surface area (Å²) < 4.78 is 75.4. The predicted molar refractivity (Wildman–Crippen MR) is 235 cm³/mol. The molecular formula is C39H67N3O30S2. The molecule has 0 aliphatic carbocycles. The Morgan fingerprint density at radius 3 is 0.824 bits per heavy atom. The van der Waals surface area contributed by atoms with Crippen molar-refractivity contribution in [1.82, 2.24) is 5.32 Å². The van der Waals surface area contributed by atoms with E-state index in [0.29, 0.717) is 0 Å². The molecule has 1 unspecified atom stereocenters. The summed E-state index contributed by atoms with van der Waals surface area (Å²) in [7, 11) is 0. The summed E-state index contributed by atoms with van der Waals surface area (Å²) in [6, 6.07) is 0. The minimum Gasteiger partial charge on any atom is -0.394 e. The van der Waals surface area contributed by atoms with E-state index in [4.69, 9.17) is 85.3 Å². The zero-order valence-electron chi connectivity index (χ0n) is 38.7. The van der Waals surface area contributed by atoms with E-state index in [1.807, 2.05) is 0 Å². The van der Waals surface area contributed by atoms with E-state index in [1.54, 1.807) is 0 Å². The molecule has 22 aliphatic rings. The zero-order chi connectivity index (χ0) is 54.2. The Morgan fingerprint density at radius 1 is 0.392 bits per heavy atom. The zero-order valence-corrected chi connectivity index (χ0v) is 40.4. The number of thiol groups is 1. The van der Waals surface area contributed by atoms with Crippen molar-refractivity contribution in [1.29, 1.82) is 0 Å². The Kier molecular flexibility index (Phi) is 20.8. The second kappa shape index (κ2) is 25.5. The number of aliphatic hydroxyl groups is 17. The Balaban J connectivity index is 1.24. The molecule has 0 aromatic carbocycles. The van der Waals surface area contributed by atoms with Crippen molar-refractivity contribution in [2.24, 2.45) is 11.5 Å². The molecular weight excluding hydrogens is 1050 g/mol. The number of nitrogens with one attached hydrogen (secondary N) is 1. The number of rotatable bonds is 10. The second-order valence-electron chi connectivity index (χ2n) is 18.4. The van der Waals surface area contributed by atoms with Crippen LogP contribution in [0.5, 0.6) is 0 Å². The summed E-state index contributed by atoms with van der Waals surface area (Å²) in [5.74, 6) is 0. The fourth-order valence-corrected chi connectivity index (χ4v) is 10.1. The highest BCUT2D eigenvalue weighted by Gasteiger charge is 2.59. The molecule has 430 valence electrons. The normalized spacial score (nSPS) is 51.4. The number of hydrogen-bond donors (Lipinski definition) is 21. The molecule has 0 spiro atoms. The summed E-state index contributed by atoms with van der Waals surface area (Å²) in [5.41, 5.74) is 11.6. The minimum atomic E-state index is -2.21. The fourth-order valence-electron chi connectivity index (χ4n) is 9.59. The smallest absolute Gasteiger partial charge is 0.199 e. The van der Waals surface area contributed by atoms with Crippen molar-refractivity contribution in [2.45, 2.75) is 189 Å². The summed E-state index contributed by atoms with van der Waals surface area (Å²) in [5, 5.41) is 188. The largest absolute Gasteiger partial charge is 0.394 e. The van der Waals surface area contributed by atoms with E-state index >= 15 is 0 Å². The van der Waals surface area contributed by atoms with Crippen LogP contribution in [0.15, 0.2) is 0 Å². The van der Waals surface area contributed by atoms with Crippen LogP contribution in [0.4, 0.5) is 0 Å². The maximum Gasteiger partial charge on any atom is 0.199 e. The van der Waals surface area contributed by atoms with Crippen molar-refractivity contribution in [3.63, 3.8) is 0 Å². The van der Waals surface area contributed by atoms with Gasteiger partial charge in [-0.25, -0.2) is 0 Å². The number of thiocarbonyl (C=S) groups is 1. The van der Waals surface area contributed by atoms with Crippen LogP contribution in [0.3, 0.4) is 0 Å². The molecule has 22 heterocycles. The van der Waals surface area contributed by atoms with E-state index in [2.05, 4.69) is 17.9 Å². The molecule has 35 heteroatoms. The van der Waals surface area contributed by atoms with Crippen molar-refractivity contribution < 1.29 is 148 Å². The molecule has 74 heavy (non-hydrogen) atoms. The Labute approximate surface area is 429 Å². The third-order valence-corrected chi connectivity index (χ3v) is 14.1. The lowest BCUT2D eigenvalue weighted by Crippen LogP contribution is -2.70. The van der Waals surface area contributed by atoms with E-state index in [9.17, 15) is 86.8 Å². The standard InChI is InChI=1S/C39H67N3O30S2/c40-7-39(74,42-38(41)73)72-31-24(59)37-65-13(6-48)30(31)71-36-23(58)18(53)28(11(4-46)64-36)69-34-21(56)16(51)26(9(2-44)62-34)67-32-19(54)14(49)25(8(1-43)60-32)66-33-20(55)15(50)27(10(3-45)61-33)68-35-22(57)17(52)29(70-37)12(5-47)63-35/h8-37,43-59,74H,1-7,40H2,(H3,41,42,73)/t8-,9-,10-,11-,12-,13-,14-,15-,16-,17-,18-,19-,20-,21-,22-,23-,24-,25-,26-,27-,28-,29-,30+,31-,32-,33-,34-,35-,36-,37-,39?/m1/s1. The first-order valence-corrected chi connectivity index (χ1v) is 24.1. The van der Waals surface area contributed by atoms with Gasteiger partial charge in [0.25, 0.3) is 0 Å². The number of hydrogen-bond acceptors (Lipinski definition) is 33. The molecule has 0 aromatic heterocycles. The van der Waals surface area contributed by atoms with Gasteiger partial charge in [-0.05, 0) is 12.2 Å². The van der Waals surface area contributed by atoms with Crippen LogP contribution in [0.2, 0.25) is 0 Å². The Bertz CT molecular complexity index is 1790. The Morgan fingerprint density at radius 2 is 0.608 bits per heavy atom. The number of ether oxygens (including phenoxy) is 13. The van der Waals surface area contributed by atoms with Crippen molar-refractivity contribution in [2.75, 3.05) is 46.2 Å². The van der Waals surface area contributed by atoms with Gasteiger partial charge in [-0.2, -0.15) is 0 Å². The molecule has 31 atom stereocenters. The topological polar surface area (TPSA) is 528 Å². The molecule has 0 amide bonds. The highest BCUT2D eigenvalue weighted by molar-refractivity contribution is 7.82. The van der Waals surface area contributed by atoms with Crippen molar-refractivity contribution in [3.05, 3.63) is 0 Å². The number of nitrogens with two attached hydrogens (primary N) is 2. The molecule has 33 nitrogen and oxygen atoms in total. The van der Waals surface area contributed by atoms with Crippen LogP contribution < -0.4 is 16.8 Å². The van der Waals surface area contributed by atoms with Gasteiger partial charge in [0.2, 0.25) is 0 Å². The molecule has 0 aromatic rings. The molecule has 22 N–H and O–H groups in total. The molecule has 12 bridgehead atoms. The van der Waals surface area contributed by atoms with E-state index < -0.39 is 241 Å². The van der Waals surface area contributed by atoms with E-state index in [0.717, 1.165) is 0 Å². The lowest BCUT2D eigenvalue weighted by atomic mass is 9.94. The predicted octanol–water partition coefficient (Wildman–Crippen LogP) is -13.7. The van der Waals surface area contributed by atoms with Gasteiger partial charge < -0.3 is 165 Å². The van der Waals surface area contributed by atoms with Crippen LogP contribution >= 0.6 is 24.8 Å². The lowest BCUT2D eigenvalue weighted by Gasteiger charge is -2.51. The first kappa shape index (κ1) is 60.4. The molecule has 22 fully saturated rings. The van der Waals surface area contributed by atoms with Crippen LogP contribution in [0.25, 0.3) is 0 Å². The van der Waals surface area contributed by atoms with E-state index in [1.165, 1.54) is 0 Å². The van der Waals surface area contributed by atoms with Crippen LogP contribution in [0, 0.1) is 0 Å². The maximum absolute atomic E-state index is 12.0. The SMILES string of the molecule is NCC(S)(NC(N)=S)O[C@@H]1[C@@H](O)[C@H]2O[C@H]3[C@H](O)[C@@H](O)[C@@H](O[C@H]4[C@H](O)[C@@H](O)[C@@H](O[C@H]5[C@H](O)[C@@H](O)[C@@H](O[C@H]6[C@H](O)[C@@H](O)[C@@H](O[C@H]7[C@H](O)[C@@H](O)[C@@H](O[C@H]1[C@@H](CO)O2)O[C@@H]7CO)O[C@@H]6CO)O[C@@H]5CO)O[C@@H]4CO)O[C@@H]3CO. The maximum atomic E-state index is 12.0. The highest BCUT2D eigenvalue weighted by Crippen LogP contribution is 2.39. The van der Waals surface area contributed by atoms with Gasteiger partial charge in [-0.1, -0.05) is 0 Å². The third-order valence-electron chi connectivity index (χ3n) is 13.6. The molecule has 0 saturated carbocycles. The molecule has 22 rings (SSSR count). The van der Waals surface area contributed by atoms with Crippen molar-refractivity contribution >= 4 is 30.0 Å². The van der Waals surface area contributed by atoms with Gasteiger partial charge in [-0.15, -0.1) is 12.6 Å². The van der Waals surface area contributed by atoms with Gasteiger partial charge in [0, 0.05) is 0 Å². The van der Waals surface area contributed by atoms with Crippen LogP contribution in [-0.2, 0) is 61.6 Å². The van der Waals surface area contributed by atoms with Crippen LogP contribution in [-0.4, -0.2) is 327 Å². The molecule has 22 aliphatic heterocycles. The van der Waals surface area contributed by atoms with Gasteiger partial charge in [0.15, 0.2) is 47.9 Å². The summed E-state index contributed by atoms with van der Waals surface area (Å²) >= 11 is 9.32. The van der Waals surface area contributed by atoms with Gasteiger partial charge in [0.1, 0.15) is 146 Å². The van der Waals surface area contributed by atoms with E-state index in [-0.39, 0.29) is 0 Å². The van der Waals surface area contributed by atoms with Gasteiger partial charge in [0.05, 0.1) is 46.2 Å². The first-order valence-electron chi connectivity index (χ1n) is 23.3. The second-order valence-corrected chi connectivity index (χ2v) is 19.6. The fraction of sp³-hybridized carbons (Fsp3) is 0.974. The average molecular weight is 1120 g/mol. The minimum absolute atomic E-state index is 0.431. The molecule has 0 radical (unpaired) electrons. The van der Waals surface area contributed by atoms with Gasteiger partial charge >= 0.3 is 0 Å².